The standard InChI is InChI=1S/C20H25N3O3/c1-2-4-16(5-3-1)14-23-6-7-24-18(15-23)12-21-11-17-10-19-20(13-22-17)26-9-8-25-19/h1-5,10,13,18,21H,6-9,11-12,14-15H2. The van der Waals surface area contributed by atoms with E-state index in [1.165, 1.54) is 5.56 Å². The molecule has 0 radical (unpaired) electrons. The molecule has 1 N–H and O–H groups in total. The highest BCUT2D eigenvalue weighted by Gasteiger charge is 2.20. The van der Waals surface area contributed by atoms with E-state index in [9.17, 15) is 0 Å². The normalized spacial score (nSPS) is 20.1. The smallest absolute Gasteiger partial charge is 0.179 e. The fourth-order valence-corrected chi connectivity index (χ4v) is 3.34. The molecule has 6 nitrogen and oxygen atoms in total. The Morgan fingerprint density at radius 2 is 1.92 bits per heavy atom. The number of nitrogens with one attached hydrogen (secondary N) is 1. The number of hydrogen-bond donors (Lipinski definition) is 1. The Morgan fingerprint density at radius 1 is 1.08 bits per heavy atom. The van der Waals surface area contributed by atoms with Crippen LogP contribution >= 0.6 is 0 Å². The highest BCUT2D eigenvalue weighted by molar-refractivity contribution is 5.39. The highest BCUT2D eigenvalue weighted by Crippen LogP contribution is 2.29. The van der Waals surface area contributed by atoms with Crippen LogP contribution in [0.15, 0.2) is 42.6 Å². The zero-order valence-electron chi connectivity index (χ0n) is 14.9. The summed E-state index contributed by atoms with van der Waals surface area (Å²) in [5.41, 5.74) is 2.30. The molecule has 0 aliphatic carbocycles. The van der Waals surface area contributed by atoms with Gasteiger partial charge in [0.15, 0.2) is 11.5 Å². The number of nitrogens with zero attached hydrogens (tertiary/aromatic N) is 2. The number of hydrogen-bond acceptors (Lipinski definition) is 6. The summed E-state index contributed by atoms with van der Waals surface area (Å²) >= 11 is 0. The molecule has 2 aromatic rings. The molecule has 26 heavy (non-hydrogen) atoms. The average molecular weight is 355 g/mol. The van der Waals surface area contributed by atoms with Crippen LogP contribution in [0.5, 0.6) is 11.5 Å². The van der Waals surface area contributed by atoms with Gasteiger partial charge in [0.25, 0.3) is 0 Å². The molecule has 6 heteroatoms. The minimum Gasteiger partial charge on any atom is -0.486 e. The van der Waals surface area contributed by atoms with Crippen molar-refractivity contribution in [3.05, 3.63) is 53.9 Å². The zero-order valence-corrected chi connectivity index (χ0v) is 14.9. The van der Waals surface area contributed by atoms with E-state index in [-0.39, 0.29) is 6.10 Å². The summed E-state index contributed by atoms with van der Waals surface area (Å²) in [5.74, 6) is 1.51. The monoisotopic (exact) mass is 355 g/mol. The molecule has 0 amide bonds. The van der Waals surface area contributed by atoms with Crippen LogP contribution in [0.2, 0.25) is 0 Å². The molecule has 1 aromatic heterocycles. The molecule has 2 aliphatic rings. The molecule has 2 aliphatic heterocycles. The van der Waals surface area contributed by atoms with Crippen molar-refractivity contribution in [3.8, 4) is 11.5 Å². The number of morpholine rings is 1. The van der Waals surface area contributed by atoms with Gasteiger partial charge in [-0.05, 0) is 5.56 Å². The molecule has 138 valence electrons. The van der Waals surface area contributed by atoms with E-state index >= 15 is 0 Å². The van der Waals surface area contributed by atoms with E-state index in [4.69, 9.17) is 14.2 Å². The minimum absolute atomic E-state index is 0.199. The van der Waals surface area contributed by atoms with E-state index in [2.05, 4.69) is 45.5 Å². The van der Waals surface area contributed by atoms with Gasteiger partial charge in [-0.3, -0.25) is 9.88 Å². The predicted octanol–water partition coefficient (Wildman–Crippen LogP) is 1.84. The molecular weight excluding hydrogens is 330 g/mol. The Hall–Kier alpha value is -2.15. The van der Waals surface area contributed by atoms with Crippen molar-refractivity contribution < 1.29 is 14.2 Å². The van der Waals surface area contributed by atoms with Crippen molar-refractivity contribution in [3.63, 3.8) is 0 Å². The topological polar surface area (TPSA) is 55.9 Å². The molecule has 3 heterocycles. The van der Waals surface area contributed by atoms with E-state index in [1.54, 1.807) is 6.20 Å². The molecule has 4 rings (SSSR count). The van der Waals surface area contributed by atoms with Gasteiger partial charge in [0.05, 0.1) is 24.6 Å². The van der Waals surface area contributed by atoms with Gasteiger partial charge in [0.2, 0.25) is 0 Å². The maximum atomic E-state index is 5.91. The lowest BCUT2D eigenvalue weighted by Gasteiger charge is -2.33. The number of ether oxygens (including phenoxy) is 3. The molecule has 1 saturated heterocycles. The van der Waals surface area contributed by atoms with Gasteiger partial charge in [0.1, 0.15) is 13.2 Å². The van der Waals surface area contributed by atoms with Gasteiger partial charge in [-0.15, -0.1) is 0 Å². The highest BCUT2D eigenvalue weighted by atomic mass is 16.6. The van der Waals surface area contributed by atoms with E-state index in [0.717, 1.165) is 50.0 Å². The fourth-order valence-electron chi connectivity index (χ4n) is 3.34. The van der Waals surface area contributed by atoms with Crippen LogP contribution in [0.25, 0.3) is 0 Å². The van der Waals surface area contributed by atoms with Gasteiger partial charge in [-0.2, -0.15) is 0 Å². The van der Waals surface area contributed by atoms with Crippen LogP contribution in [-0.2, 0) is 17.8 Å². The minimum atomic E-state index is 0.199. The lowest BCUT2D eigenvalue weighted by Crippen LogP contribution is -2.46. The Balaban J connectivity index is 1.24. The molecule has 0 bridgehead atoms. The second-order valence-electron chi connectivity index (χ2n) is 6.66. The first-order valence-electron chi connectivity index (χ1n) is 9.20. The Bertz CT molecular complexity index is 711. The summed E-state index contributed by atoms with van der Waals surface area (Å²) in [6.45, 7) is 6.36. The van der Waals surface area contributed by atoms with E-state index < -0.39 is 0 Å². The molecule has 1 aromatic carbocycles. The first-order chi connectivity index (χ1) is 12.9. The number of rotatable bonds is 6. The molecule has 1 fully saturated rings. The number of aromatic nitrogens is 1. The number of pyridine rings is 1. The fraction of sp³-hybridized carbons (Fsp3) is 0.450. The van der Waals surface area contributed by atoms with Crippen LogP contribution in [0.4, 0.5) is 0 Å². The third-order valence-corrected chi connectivity index (χ3v) is 4.64. The van der Waals surface area contributed by atoms with Crippen molar-refractivity contribution in [2.24, 2.45) is 0 Å². The summed E-state index contributed by atoms with van der Waals surface area (Å²) in [4.78, 5) is 6.88. The van der Waals surface area contributed by atoms with Crippen molar-refractivity contribution in [1.82, 2.24) is 15.2 Å². The molecule has 1 unspecified atom stereocenters. The summed E-state index contributed by atoms with van der Waals surface area (Å²) in [5, 5.41) is 3.45. The molecule has 1 atom stereocenters. The van der Waals surface area contributed by atoms with Crippen molar-refractivity contribution in [1.29, 1.82) is 0 Å². The van der Waals surface area contributed by atoms with Crippen LogP contribution in [-0.4, -0.2) is 55.4 Å². The largest absolute Gasteiger partial charge is 0.486 e. The van der Waals surface area contributed by atoms with Gasteiger partial charge in [-0.1, -0.05) is 30.3 Å². The summed E-state index contributed by atoms with van der Waals surface area (Å²) in [6, 6.07) is 12.5. The third-order valence-electron chi connectivity index (χ3n) is 4.64. The lowest BCUT2D eigenvalue weighted by molar-refractivity contribution is -0.0300. The SMILES string of the molecule is c1ccc(CN2CCOC(CNCc3cc4c(cn3)OCCO4)C2)cc1. The van der Waals surface area contributed by atoms with Gasteiger partial charge < -0.3 is 19.5 Å². The predicted molar refractivity (Wildman–Crippen MR) is 98.4 cm³/mol. The summed E-state index contributed by atoms with van der Waals surface area (Å²) < 4.78 is 17.0. The average Bonchev–Trinajstić information content (AvgIpc) is 2.69. The second-order valence-corrected chi connectivity index (χ2v) is 6.66. The molecular formula is C20H25N3O3. The van der Waals surface area contributed by atoms with E-state index in [0.29, 0.717) is 19.8 Å². The Kier molecular flexibility index (Phi) is 5.64. The molecule has 0 saturated carbocycles. The number of fused-ring (bicyclic) bond motifs is 1. The van der Waals surface area contributed by atoms with Crippen LogP contribution in [0.1, 0.15) is 11.3 Å². The molecule has 0 spiro atoms. The van der Waals surface area contributed by atoms with Crippen LogP contribution in [0, 0.1) is 0 Å². The lowest BCUT2D eigenvalue weighted by atomic mass is 10.2. The second kappa shape index (κ2) is 8.49. The quantitative estimate of drug-likeness (QED) is 0.853. The van der Waals surface area contributed by atoms with Crippen molar-refractivity contribution in [2.75, 3.05) is 39.5 Å². The van der Waals surface area contributed by atoms with E-state index in [1.807, 2.05) is 6.07 Å². The summed E-state index contributed by atoms with van der Waals surface area (Å²) in [6.07, 6.45) is 1.94. The zero-order chi connectivity index (χ0) is 17.6. The first-order valence-corrected chi connectivity index (χ1v) is 9.20. The van der Waals surface area contributed by atoms with Gasteiger partial charge >= 0.3 is 0 Å². The maximum absolute atomic E-state index is 5.91. The van der Waals surface area contributed by atoms with Crippen LogP contribution < -0.4 is 14.8 Å². The first kappa shape index (κ1) is 17.3. The number of benzene rings is 1. The van der Waals surface area contributed by atoms with Crippen molar-refractivity contribution in [2.45, 2.75) is 19.2 Å². The van der Waals surface area contributed by atoms with Gasteiger partial charge in [-0.25, -0.2) is 0 Å². The third kappa shape index (κ3) is 4.52. The Labute approximate surface area is 154 Å². The van der Waals surface area contributed by atoms with Gasteiger partial charge in [0, 0.05) is 38.8 Å². The maximum Gasteiger partial charge on any atom is 0.179 e. The summed E-state index contributed by atoms with van der Waals surface area (Å²) in [7, 11) is 0. The van der Waals surface area contributed by atoms with Crippen molar-refractivity contribution >= 4 is 0 Å². The Morgan fingerprint density at radius 3 is 2.81 bits per heavy atom. The van der Waals surface area contributed by atoms with Crippen LogP contribution in [0.3, 0.4) is 0 Å².